The molecule has 3 heteroatoms. The van der Waals surface area contributed by atoms with Gasteiger partial charge >= 0.3 is 5.97 Å². The standard InChI is InChI=1S/C16H15O3/c1-11-3-7-13(8-4-11)16(19,15(17)18)14-9-5-12(2)6-10-14/h3-10,19H,1-2H3. The van der Waals surface area contributed by atoms with E-state index >= 15 is 0 Å². The van der Waals surface area contributed by atoms with Crippen molar-refractivity contribution >= 4 is 5.97 Å². The Hall–Kier alpha value is -2.13. The second-order valence-corrected chi connectivity index (χ2v) is 4.73. The first-order valence-corrected chi connectivity index (χ1v) is 6.02. The van der Waals surface area contributed by atoms with Gasteiger partial charge in [0.05, 0.1) is 0 Å². The number of aliphatic hydroxyl groups is 1. The predicted octanol–water partition coefficient (Wildman–Crippen LogP) is 2.50. The van der Waals surface area contributed by atoms with Gasteiger partial charge in [0, 0.05) is 0 Å². The molecule has 0 spiro atoms. The maximum atomic E-state index is 11.4. The summed E-state index contributed by atoms with van der Waals surface area (Å²) < 4.78 is 0. The average molecular weight is 255 g/mol. The van der Waals surface area contributed by atoms with Crippen molar-refractivity contribution in [2.24, 2.45) is 0 Å². The molecule has 0 fully saturated rings. The molecule has 1 radical (unpaired) electrons. The van der Waals surface area contributed by atoms with E-state index in [1.165, 1.54) is 0 Å². The molecule has 2 aromatic rings. The Balaban J connectivity index is 2.57. The van der Waals surface area contributed by atoms with Crippen molar-refractivity contribution in [2.45, 2.75) is 19.4 Å². The van der Waals surface area contributed by atoms with Crippen molar-refractivity contribution in [3.63, 3.8) is 0 Å². The molecule has 97 valence electrons. The van der Waals surface area contributed by atoms with Crippen LogP contribution in [0.25, 0.3) is 0 Å². The van der Waals surface area contributed by atoms with E-state index in [4.69, 9.17) is 0 Å². The Morgan fingerprint density at radius 2 is 1.16 bits per heavy atom. The number of carbonyl (C=O) groups is 1. The molecule has 0 aliphatic heterocycles. The smallest absolute Gasteiger partial charge is 0.370 e. The SMILES string of the molecule is Cc1ccc(C(O)(C([O])=O)c2ccc(C)cc2)cc1. The monoisotopic (exact) mass is 255 g/mol. The Bertz CT molecular complexity index is 537. The first-order chi connectivity index (χ1) is 8.94. The molecule has 0 amide bonds. The fourth-order valence-corrected chi connectivity index (χ4v) is 1.99. The molecule has 1 N–H and O–H groups in total. The van der Waals surface area contributed by atoms with Gasteiger partial charge in [0.25, 0.3) is 0 Å². The first-order valence-electron chi connectivity index (χ1n) is 6.02. The van der Waals surface area contributed by atoms with Crippen LogP contribution < -0.4 is 0 Å². The van der Waals surface area contributed by atoms with Crippen LogP contribution in [0.1, 0.15) is 22.3 Å². The van der Waals surface area contributed by atoms with E-state index in [-0.39, 0.29) is 0 Å². The lowest BCUT2D eigenvalue weighted by Crippen LogP contribution is -2.36. The molecule has 0 atom stereocenters. The Labute approximate surface area is 112 Å². The molecular weight excluding hydrogens is 240 g/mol. The summed E-state index contributed by atoms with van der Waals surface area (Å²) in [4.78, 5) is 11.4. The van der Waals surface area contributed by atoms with E-state index in [0.29, 0.717) is 11.1 Å². The van der Waals surface area contributed by atoms with E-state index in [0.717, 1.165) is 11.1 Å². The van der Waals surface area contributed by atoms with Gasteiger partial charge in [0.15, 0.2) is 0 Å². The molecular formula is C16H15O3. The summed E-state index contributed by atoms with van der Waals surface area (Å²) in [6.07, 6.45) is 0. The summed E-state index contributed by atoms with van der Waals surface area (Å²) in [5, 5.41) is 22.0. The normalized spacial score (nSPS) is 11.3. The third-order valence-electron chi connectivity index (χ3n) is 3.23. The number of rotatable bonds is 3. The van der Waals surface area contributed by atoms with Crippen LogP contribution in [0, 0.1) is 13.8 Å². The van der Waals surface area contributed by atoms with Gasteiger partial charge in [-0.1, -0.05) is 59.7 Å². The maximum absolute atomic E-state index is 11.4. The van der Waals surface area contributed by atoms with E-state index < -0.39 is 11.6 Å². The Morgan fingerprint density at radius 3 is 1.42 bits per heavy atom. The molecule has 0 saturated heterocycles. The summed E-state index contributed by atoms with van der Waals surface area (Å²) in [5.41, 5.74) is 0.451. The minimum atomic E-state index is -2.12. The fourth-order valence-electron chi connectivity index (χ4n) is 1.99. The van der Waals surface area contributed by atoms with Crippen LogP contribution in [0.15, 0.2) is 48.5 Å². The van der Waals surface area contributed by atoms with Crippen LogP contribution in [0.3, 0.4) is 0 Å². The molecule has 2 rings (SSSR count). The van der Waals surface area contributed by atoms with Gasteiger partial charge in [-0.3, -0.25) is 0 Å². The second-order valence-electron chi connectivity index (χ2n) is 4.73. The minimum Gasteiger partial charge on any atom is -0.370 e. The van der Waals surface area contributed by atoms with Crippen molar-refractivity contribution in [3.05, 3.63) is 70.8 Å². The van der Waals surface area contributed by atoms with Gasteiger partial charge in [0.2, 0.25) is 5.60 Å². The average Bonchev–Trinajstić information content (AvgIpc) is 2.39. The molecule has 2 aromatic carbocycles. The number of carbonyl (C=O) groups excluding carboxylic acids is 1. The largest absolute Gasteiger partial charge is 0.395 e. The van der Waals surface area contributed by atoms with Gasteiger partial charge < -0.3 is 5.11 Å². The third-order valence-corrected chi connectivity index (χ3v) is 3.23. The molecule has 0 bridgehead atoms. The zero-order valence-corrected chi connectivity index (χ0v) is 10.9. The van der Waals surface area contributed by atoms with Gasteiger partial charge in [0.1, 0.15) is 0 Å². The number of aryl methyl sites for hydroxylation is 2. The summed E-state index contributed by atoms with van der Waals surface area (Å²) in [5.74, 6) is -1.53. The van der Waals surface area contributed by atoms with Crippen LogP contribution in [0.2, 0.25) is 0 Å². The maximum Gasteiger partial charge on any atom is 0.395 e. The second kappa shape index (κ2) is 4.86. The van der Waals surface area contributed by atoms with Crippen LogP contribution in [-0.2, 0) is 15.5 Å². The lowest BCUT2D eigenvalue weighted by atomic mass is 9.86. The lowest BCUT2D eigenvalue weighted by Gasteiger charge is -2.23. The highest BCUT2D eigenvalue weighted by Crippen LogP contribution is 2.30. The molecule has 3 nitrogen and oxygen atoms in total. The summed E-state index contributed by atoms with van der Waals surface area (Å²) >= 11 is 0. The van der Waals surface area contributed by atoms with Crippen LogP contribution in [0.4, 0.5) is 0 Å². The summed E-state index contributed by atoms with van der Waals surface area (Å²) in [7, 11) is 0. The number of hydrogen-bond acceptors (Lipinski definition) is 2. The summed E-state index contributed by atoms with van der Waals surface area (Å²) in [6, 6.07) is 13.5. The lowest BCUT2D eigenvalue weighted by molar-refractivity contribution is -0.161. The predicted molar refractivity (Wildman–Crippen MR) is 71.1 cm³/mol. The number of hydrogen-bond donors (Lipinski definition) is 1. The Morgan fingerprint density at radius 1 is 0.842 bits per heavy atom. The molecule has 0 aromatic heterocycles. The van der Waals surface area contributed by atoms with Crippen molar-refractivity contribution in [1.29, 1.82) is 0 Å². The minimum absolute atomic E-state index is 0.293. The Kier molecular flexibility index (Phi) is 3.40. The topological polar surface area (TPSA) is 57.2 Å². The third kappa shape index (κ3) is 2.37. The van der Waals surface area contributed by atoms with Crippen LogP contribution in [-0.4, -0.2) is 11.1 Å². The van der Waals surface area contributed by atoms with Crippen molar-refractivity contribution in [2.75, 3.05) is 0 Å². The van der Waals surface area contributed by atoms with Crippen molar-refractivity contribution in [3.8, 4) is 0 Å². The van der Waals surface area contributed by atoms with Crippen LogP contribution >= 0.6 is 0 Å². The quantitative estimate of drug-likeness (QED) is 0.916. The molecule has 0 aliphatic rings. The van der Waals surface area contributed by atoms with Gasteiger partial charge in [-0.25, -0.2) is 9.90 Å². The molecule has 0 saturated carbocycles. The van der Waals surface area contributed by atoms with Gasteiger partial charge in [-0.05, 0) is 25.0 Å². The highest BCUT2D eigenvalue weighted by molar-refractivity contribution is 5.83. The van der Waals surface area contributed by atoms with Gasteiger partial charge in [-0.2, -0.15) is 0 Å². The molecule has 0 aliphatic carbocycles. The number of benzene rings is 2. The van der Waals surface area contributed by atoms with E-state index in [1.54, 1.807) is 48.5 Å². The molecule has 0 unspecified atom stereocenters. The highest BCUT2D eigenvalue weighted by Gasteiger charge is 2.41. The van der Waals surface area contributed by atoms with Crippen molar-refractivity contribution in [1.82, 2.24) is 0 Å². The van der Waals surface area contributed by atoms with Crippen molar-refractivity contribution < 1.29 is 15.0 Å². The zero-order chi connectivity index (χ0) is 14.0. The zero-order valence-electron chi connectivity index (χ0n) is 10.9. The van der Waals surface area contributed by atoms with Gasteiger partial charge in [-0.15, -0.1) is 0 Å². The fraction of sp³-hybridized carbons (Fsp3) is 0.188. The summed E-state index contributed by atoms with van der Waals surface area (Å²) in [6.45, 7) is 3.79. The highest BCUT2D eigenvalue weighted by atomic mass is 16.4. The van der Waals surface area contributed by atoms with Crippen LogP contribution in [0.5, 0.6) is 0 Å². The molecule has 19 heavy (non-hydrogen) atoms. The molecule has 0 heterocycles. The van der Waals surface area contributed by atoms with E-state index in [9.17, 15) is 15.0 Å². The van der Waals surface area contributed by atoms with E-state index in [1.807, 2.05) is 13.8 Å². The van der Waals surface area contributed by atoms with E-state index in [2.05, 4.69) is 0 Å². The first kappa shape index (κ1) is 13.3.